The Morgan fingerprint density at radius 2 is 2.28 bits per heavy atom. The minimum Gasteiger partial charge on any atom is -0.326 e. The van der Waals surface area contributed by atoms with Gasteiger partial charge in [-0.25, -0.2) is 4.39 Å². The van der Waals surface area contributed by atoms with Gasteiger partial charge in [-0.2, -0.15) is 0 Å². The maximum atomic E-state index is 13.2. The minimum atomic E-state index is -0.426. The van der Waals surface area contributed by atoms with E-state index in [1.165, 1.54) is 6.07 Å². The van der Waals surface area contributed by atoms with E-state index in [-0.39, 0.29) is 16.3 Å². The van der Waals surface area contributed by atoms with Crippen LogP contribution < -0.4 is 0 Å². The van der Waals surface area contributed by atoms with Crippen molar-refractivity contribution in [2.24, 2.45) is 5.92 Å². The van der Waals surface area contributed by atoms with Crippen molar-refractivity contribution in [2.45, 2.75) is 19.2 Å². The molecule has 1 fully saturated rings. The predicted molar refractivity (Wildman–Crippen MR) is 73.2 cm³/mol. The highest BCUT2D eigenvalue weighted by Gasteiger charge is 2.33. The Bertz CT molecular complexity index is 466. The summed E-state index contributed by atoms with van der Waals surface area (Å²) < 4.78 is 13.2. The number of benzene rings is 1. The maximum absolute atomic E-state index is 13.2. The van der Waals surface area contributed by atoms with Gasteiger partial charge >= 0.3 is 0 Å². The second kappa shape index (κ2) is 5.49. The van der Waals surface area contributed by atoms with Gasteiger partial charge in [0.05, 0.1) is 10.8 Å². The number of carbonyl (C=O) groups is 1. The number of amides is 1. The van der Waals surface area contributed by atoms with E-state index in [1.807, 2.05) is 4.90 Å². The summed E-state index contributed by atoms with van der Waals surface area (Å²) in [7, 11) is 0. The lowest BCUT2D eigenvalue weighted by Crippen LogP contribution is -2.31. The fraction of sp³-hybridized carbons (Fsp3) is 0.462. The molecule has 0 bridgehead atoms. The van der Waals surface area contributed by atoms with E-state index < -0.39 is 5.82 Å². The Morgan fingerprint density at radius 1 is 1.56 bits per heavy atom. The fourth-order valence-electron chi connectivity index (χ4n) is 1.99. The summed E-state index contributed by atoms with van der Waals surface area (Å²) in [5, 5.41) is 0.0648. The van der Waals surface area contributed by atoms with Crippen LogP contribution in [-0.4, -0.2) is 23.1 Å². The molecule has 0 aromatic heterocycles. The van der Waals surface area contributed by atoms with Crippen LogP contribution in [0, 0.1) is 11.7 Å². The van der Waals surface area contributed by atoms with Crippen LogP contribution in [0.5, 0.6) is 0 Å². The summed E-state index contributed by atoms with van der Waals surface area (Å²) in [6, 6.07) is 4.67. The van der Waals surface area contributed by atoms with Crippen molar-refractivity contribution in [1.82, 2.24) is 4.90 Å². The molecule has 0 spiro atoms. The number of hydrogen-bond acceptors (Lipinski definition) is 2. The first-order chi connectivity index (χ1) is 8.49. The molecule has 1 saturated heterocycles. The first-order valence-electron chi connectivity index (χ1n) is 5.85. The van der Waals surface area contributed by atoms with Crippen LogP contribution in [0.15, 0.2) is 18.2 Å². The standard InChI is InChI=1S/C13H15ClFNOS/c1-8(2)6-16-12(17)7-18-13(16)9-3-4-11(15)10(14)5-9/h3-5,8,13H,6-7H2,1-2H3. The van der Waals surface area contributed by atoms with Gasteiger partial charge in [0, 0.05) is 6.54 Å². The molecule has 1 aromatic rings. The first-order valence-corrected chi connectivity index (χ1v) is 7.27. The molecule has 2 rings (SSSR count). The average molecular weight is 288 g/mol. The molecule has 5 heteroatoms. The SMILES string of the molecule is CC(C)CN1C(=O)CSC1c1ccc(F)c(Cl)c1. The van der Waals surface area contributed by atoms with Crippen molar-refractivity contribution >= 4 is 29.3 Å². The van der Waals surface area contributed by atoms with Crippen molar-refractivity contribution in [2.75, 3.05) is 12.3 Å². The molecule has 1 aromatic carbocycles. The molecule has 1 aliphatic rings. The van der Waals surface area contributed by atoms with Crippen molar-refractivity contribution < 1.29 is 9.18 Å². The van der Waals surface area contributed by atoms with Gasteiger partial charge in [-0.15, -0.1) is 11.8 Å². The van der Waals surface area contributed by atoms with Gasteiger partial charge in [0.1, 0.15) is 11.2 Å². The average Bonchev–Trinajstić information content (AvgIpc) is 2.64. The third-order valence-electron chi connectivity index (χ3n) is 2.76. The third kappa shape index (κ3) is 2.81. The zero-order valence-electron chi connectivity index (χ0n) is 10.3. The lowest BCUT2D eigenvalue weighted by molar-refractivity contribution is -0.128. The number of carbonyl (C=O) groups excluding carboxylic acids is 1. The molecule has 1 aliphatic heterocycles. The molecule has 1 atom stereocenters. The van der Waals surface area contributed by atoms with Gasteiger partial charge < -0.3 is 4.90 Å². The van der Waals surface area contributed by atoms with E-state index in [9.17, 15) is 9.18 Å². The van der Waals surface area contributed by atoms with Crippen LogP contribution in [0.4, 0.5) is 4.39 Å². The Kier molecular flexibility index (Phi) is 4.17. The number of thioether (sulfide) groups is 1. The predicted octanol–water partition coefficient (Wildman–Crippen LogP) is 3.71. The lowest BCUT2D eigenvalue weighted by Gasteiger charge is -2.26. The van der Waals surface area contributed by atoms with Gasteiger partial charge in [-0.1, -0.05) is 31.5 Å². The molecule has 1 unspecified atom stereocenters. The number of rotatable bonds is 3. The molecule has 98 valence electrons. The maximum Gasteiger partial charge on any atom is 0.233 e. The molecule has 2 nitrogen and oxygen atoms in total. The van der Waals surface area contributed by atoms with Crippen LogP contribution in [-0.2, 0) is 4.79 Å². The van der Waals surface area contributed by atoms with Crippen molar-refractivity contribution in [3.63, 3.8) is 0 Å². The molecule has 18 heavy (non-hydrogen) atoms. The molecular formula is C13H15ClFNOS. The highest BCUT2D eigenvalue weighted by molar-refractivity contribution is 8.00. The van der Waals surface area contributed by atoms with Crippen LogP contribution in [0.25, 0.3) is 0 Å². The van der Waals surface area contributed by atoms with Crippen molar-refractivity contribution in [3.8, 4) is 0 Å². The fourth-order valence-corrected chi connectivity index (χ4v) is 3.36. The van der Waals surface area contributed by atoms with Crippen LogP contribution in [0.3, 0.4) is 0 Å². The largest absolute Gasteiger partial charge is 0.326 e. The topological polar surface area (TPSA) is 20.3 Å². The summed E-state index contributed by atoms with van der Waals surface area (Å²) in [6.45, 7) is 4.86. The van der Waals surface area contributed by atoms with E-state index in [2.05, 4.69) is 13.8 Å². The van der Waals surface area contributed by atoms with E-state index in [1.54, 1.807) is 23.9 Å². The molecule has 0 aliphatic carbocycles. The summed E-state index contributed by atoms with van der Waals surface area (Å²) in [5.74, 6) is 0.599. The van der Waals surface area contributed by atoms with Crippen LogP contribution in [0.2, 0.25) is 5.02 Å². The second-order valence-corrected chi connectivity index (χ2v) is 6.25. The zero-order chi connectivity index (χ0) is 13.3. The first kappa shape index (κ1) is 13.7. The Morgan fingerprint density at radius 3 is 2.89 bits per heavy atom. The van der Waals surface area contributed by atoms with Crippen LogP contribution in [0.1, 0.15) is 24.8 Å². The number of halogens is 2. The molecular weight excluding hydrogens is 273 g/mol. The quantitative estimate of drug-likeness (QED) is 0.845. The highest BCUT2D eigenvalue weighted by Crippen LogP contribution is 2.39. The van der Waals surface area contributed by atoms with E-state index >= 15 is 0 Å². The molecule has 1 amide bonds. The molecule has 0 radical (unpaired) electrons. The summed E-state index contributed by atoms with van der Waals surface area (Å²) in [6.07, 6.45) is 0. The summed E-state index contributed by atoms with van der Waals surface area (Å²) >= 11 is 7.36. The van der Waals surface area contributed by atoms with Gasteiger partial charge in [0.2, 0.25) is 5.91 Å². The van der Waals surface area contributed by atoms with Gasteiger partial charge in [-0.3, -0.25) is 4.79 Å². The van der Waals surface area contributed by atoms with Crippen molar-refractivity contribution in [1.29, 1.82) is 0 Å². The van der Waals surface area contributed by atoms with E-state index in [0.717, 1.165) is 5.56 Å². The van der Waals surface area contributed by atoms with Gasteiger partial charge in [0.25, 0.3) is 0 Å². The Balaban J connectivity index is 2.25. The monoisotopic (exact) mass is 287 g/mol. The Hall–Kier alpha value is -0.740. The third-order valence-corrected chi connectivity index (χ3v) is 4.30. The molecule has 0 N–H and O–H groups in total. The van der Waals surface area contributed by atoms with Gasteiger partial charge in [-0.05, 0) is 23.6 Å². The molecule has 0 saturated carbocycles. The number of nitrogens with zero attached hydrogens (tertiary/aromatic N) is 1. The summed E-state index contributed by atoms with van der Waals surface area (Å²) in [4.78, 5) is 13.7. The number of hydrogen-bond donors (Lipinski definition) is 0. The normalized spacial score (nSPS) is 19.9. The van der Waals surface area contributed by atoms with E-state index in [0.29, 0.717) is 18.2 Å². The van der Waals surface area contributed by atoms with Crippen molar-refractivity contribution in [3.05, 3.63) is 34.6 Å². The van der Waals surface area contributed by atoms with Crippen LogP contribution >= 0.6 is 23.4 Å². The minimum absolute atomic E-state index is 0.0435. The molecule has 1 heterocycles. The van der Waals surface area contributed by atoms with E-state index in [4.69, 9.17) is 11.6 Å². The van der Waals surface area contributed by atoms with Gasteiger partial charge in [0.15, 0.2) is 0 Å². The lowest BCUT2D eigenvalue weighted by atomic mass is 10.1. The highest BCUT2D eigenvalue weighted by atomic mass is 35.5. The Labute approximate surface area is 115 Å². The zero-order valence-corrected chi connectivity index (χ0v) is 11.9. The summed E-state index contributed by atoms with van der Waals surface area (Å²) in [5.41, 5.74) is 0.887. The second-order valence-electron chi connectivity index (χ2n) is 4.78. The smallest absolute Gasteiger partial charge is 0.233 e.